The molecule has 0 aliphatic heterocycles. The number of hydrogen-bond donors (Lipinski definition) is 3. The predicted octanol–water partition coefficient (Wildman–Crippen LogP) is 3.16. The highest BCUT2D eigenvalue weighted by molar-refractivity contribution is 6.30. The van der Waals surface area contributed by atoms with Gasteiger partial charge < -0.3 is 10.7 Å². The average Bonchev–Trinajstić information content (AvgIpc) is 2.41. The topological polar surface area (TPSA) is 67.1 Å². The largest absolute Gasteiger partial charge is 0.321 e. The molecule has 20 heavy (non-hydrogen) atoms. The van der Waals surface area contributed by atoms with E-state index in [2.05, 4.69) is 10.7 Å². The molecule has 0 saturated heterocycles. The fourth-order valence-electron chi connectivity index (χ4n) is 1.64. The molecule has 0 fully saturated rings. The van der Waals surface area contributed by atoms with Crippen molar-refractivity contribution in [1.29, 1.82) is 0 Å². The molecule has 0 aliphatic carbocycles. The number of hydrogen-bond acceptors (Lipinski definition) is 3. The number of carbonyl (C=O) groups excluding carboxylic acids is 1. The minimum atomic E-state index is -0.696. The van der Waals surface area contributed by atoms with Gasteiger partial charge in [0.2, 0.25) is 0 Å². The third-order valence-electron chi connectivity index (χ3n) is 2.58. The third-order valence-corrected chi connectivity index (χ3v) is 2.82. The molecule has 7 heteroatoms. The molecule has 0 radical (unpaired) electrons. The van der Waals surface area contributed by atoms with Crippen LogP contribution in [0.15, 0.2) is 36.4 Å². The first kappa shape index (κ1) is 14.2. The van der Waals surface area contributed by atoms with Crippen molar-refractivity contribution in [3.63, 3.8) is 0 Å². The molecule has 0 saturated carbocycles. The molecule has 104 valence electrons. The van der Waals surface area contributed by atoms with E-state index < -0.39 is 17.5 Å². The van der Waals surface area contributed by atoms with Crippen LogP contribution in [-0.2, 0) is 0 Å². The lowest BCUT2D eigenvalue weighted by Crippen LogP contribution is -2.18. The molecule has 0 aliphatic rings. The molecule has 2 rings (SSSR count). The SMILES string of the molecule is NNc1c(F)cccc1C(=O)Nc1ccc(Cl)cc1F. The lowest BCUT2D eigenvalue weighted by atomic mass is 10.1. The molecule has 4 nitrogen and oxygen atoms in total. The molecule has 4 N–H and O–H groups in total. The summed E-state index contributed by atoms with van der Waals surface area (Å²) < 4.78 is 27.0. The Balaban J connectivity index is 2.31. The quantitative estimate of drug-likeness (QED) is 0.602. The summed E-state index contributed by atoms with van der Waals surface area (Å²) in [5.74, 6) is 3.10. The summed E-state index contributed by atoms with van der Waals surface area (Å²) in [5.41, 5.74) is 1.83. The van der Waals surface area contributed by atoms with Gasteiger partial charge in [-0.2, -0.15) is 0 Å². The van der Waals surface area contributed by atoms with E-state index in [4.69, 9.17) is 17.4 Å². The number of hydrazine groups is 1. The van der Waals surface area contributed by atoms with E-state index in [0.29, 0.717) is 0 Å². The Labute approximate surface area is 118 Å². The van der Waals surface area contributed by atoms with Crippen LogP contribution in [0.2, 0.25) is 5.02 Å². The lowest BCUT2D eigenvalue weighted by molar-refractivity contribution is 0.102. The number of para-hydroxylation sites is 1. The highest BCUT2D eigenvalue weighted by Gasteiger charge is 2.16. The monoisotopic (exact) mass is 297 g/mol. The van der Waals surface area contributed by atoms with E-state index in [1.54, 1.807) is 0 Å². The molecule has 0 heterocycles. The molecule has 1 amide bonds. The van der Waals surface area contributed by atoms with Gasteiger partial charge in [-0.1, -0.05) is 17.7 Å². The van der Waals surface area contributed by atoms with Gasteiger partial charge in [0.15, 0.2) is 0 Å². The molecular weight excluding hydrogens is 288 g/mol. The predicted molar refractivity (Wildman–Crippen MR) is 73.6 cm³/mol. The zero-order chi connectivity index (χ0) is 14.7. The van der Waals surface area contributed by atoms with E-state index in [1.165, 1.54) is 24.3 Å². The Morgan fingerprint density at radius 2 is 1.90 bits per heavy atom. The van der Waals surface area contributed by atoms with Crippen molar-refractivity contribution in [2.24, 2.45) is 5.84 Å². The van der Waals surface area contributed by atoms with Gasteiger partial charge in [-0.25, -0.2) is 8.78 Å². The zero-order valence-electron chi connectivity index (χ0n) is 10.1. The minimum Gasteiger partial charge on any atom is -0.321 e. The van der Waals surface area contributed by atoms with Crippen molar-refractivity contribution in [1.82, 2.24) is 0 Å². The van der Waals surface area contributed by atoms with Crippen LogP contribution < -0.4 is 16.6 Å². The molecule has 2 aromatic rings. The van der Waals surface area contributed by atoms with Gasteiger partial charge in [0, 0.05) is 5.02 Å². The number of nitrogens with one attached hydrogen (secondary N) is 2. The van der Waals surface area contributed by atoms with Crippen LogP contribution in [0.4, 0.5) is 20.2 Å². The average molecular weight is 298 g/mol. The first-order chi connectivity index (χ1) is 9.52. The van der Waals surface area contributed by atoms with Crippen LogP contribution >= 0.6 is 11.6 Å². The Morgan fingerprint density at radius 3 is 2.55 bits per heavy atom. The van der Waals surface area contributed by atoms with Gasteiger partial charge in [-0.05, 0) is 30.3 Å². The van der Waals surface area contributed by atoms with Crippen molar-refractivity contribution in [2.75, 3.05) is 10.7 Å². The Kier molecular flexibility index (Phi) is 4.16. The van der Waals surface area contributed by atoms with Gasteiger partial charge in [0.1, 0.15) is 11.6 Å². The Bertz CT molecular complexity index is 664. The van der Waals surface area contributed by atoms with Crippen LogP contribution in [0.5, 0.6) is 0 Å². The summed E-state index contributed by atoms with van der Waals surface area (Å²) >= 11 is 5.61. The Hall–Kier alpha value is -2.18. The number of carbonyl (C=O) groups is 1. The second kappa shape index (κ2) is 5.85. The van der Waals surface area contributed by atoms with Crippen molar-refractivity contribution in [3.8, 4) is 0 Å². The normalized spacial score (nSPS) is 10.2. The number of amides is 1. The van der Waals surface area contributed by atoms with E-state index in [1.807, 2.05) is 0 Å². The summed E-state index contributed by atoms with van der Waals surface area (Å²) in [6, 6.07) is 7.66. The highest BCUT2D eigenvalue weighted by Crippen LogP contribution is 2.22. The smallest absolute Gasteiger partial charge is 0.257 e. The maximum Gasteiger partial charge on any atom is 0.257 e. The lowest BCUT2D eigenvalue weighted by Gasteiger charge is -2.11. The molecule has 0 bridgehead atoms. The number of nitrogen functional groups attached to an aromatic ring is 1. The van der Waals surface area contributed by atoms with Gasteiger partial charge in [0.05, 0.1) is 16.9 Å². The van der Waals surface area contributed by atoms with E-state index in [-0.39, 0.29) is 22.0 Å². The van der Waals surface area contributed by atoms with Crippen molar-refractivity contribution < 1.29 is 13.6 Å². The van der Waals surface area contributed by atoms with Crippen molar-refractivity contribution >= 4 is 28.9 Å². The van der Waals surface area contributed by atoms with Crippen molar-refractivity contribution in [3.05, 3.63) is 58.6 Å². The molecular formula is C13H10ClF2N3O. The number of rotatable bonds is 3. The fraction of sp³-hybridized carbons (Fsp3) is 0. The van der Waals surface area contributed by atoms with Crippen LogP contribution in [0.25, 0.3) is 0 Å². The van der Waals surface area contributed by atoms with Crippen LogP contribution in [-0.4, -0.2) is 5.91 Å². The molecule has 0 aromatic heterocycles. The second-order valence-corrected chi connectivity index (χ2v) is 4.32. The number of benzene rings is 2. The number of nitrogens with two attached hydrogens (primary N) is 1. The van der Waals surface area contributed by atoms with Gasteiger partial charge in [0.25, 0.3) is 5.91 Å². The summed E-state index contributed by atoms with van der Waals surface area (Å²) in [6.07, 6.45) is 0. The highest BCUT2D eigenvalue weighted by atomic mass is 35.5. The number of anilines is 2. The fourth-order valence-corrected chi connectivity index (χ4v) is 1.80. The number of halogens is 3. The summed E-state index contributed by atoms with van der Waals surface area (Å²) in [5, 5.41) is 2.53. The van der Waals surface area contributed by atoms with Crippen LogP contribution in [0.3, 0.4) is 0 Å². The first-order valence-corrected chi connectivity index (χ1v) is 5.92. The van der Waals surface area contributed by atoms with Crippen LogP contribution in [0, 0.1) is 11.6 Å². The Morgan fingerprint density at radius 1 is 1.15 bits per heavy atom. The molecule has 2 aromatic carbocycles. The maximum absolute atomic E-state index is 13.6. The van der Waals surface area contributed by atoms with E-state index in [9.17, 15) is 13.6 Å². The minimum absolute atomic E-state index is 0.0400. The van der Waals surface area contributed by atoms with Gasteiger partial charge >= 0.3 is 0 Å². The second-order valence-electron chi connectivity index (χ2n) is 3.89. The van der Waals surface area contributed by atoms with Gasteiger partial charge in [-0.3, -0.25) is 10.6 Å². The summed E-state index contributed by atoms with van der Waals surface area (Å²) in [4.78, 5) is 12.0. The standard InChI is InChI=1S/C13H10ClF2N3O/c14-7-4-5-11(10(16)6-7)18-13(20)8-2-1-3-9(15)12(8)19-17/h1-6,19H,17H2,(H,18,20). The zero-order valence-corrected chi connectivity index (χ0v) is 10.8. The first-order valence-electron chi connectivity index (χ1n) is 5.54. The van der Waals surface area contributed by atoms with Crippen LogP contribution in [0.1, 0.15) is 10.4 Å². The summed E-state index contributed by atoms with van der Waals surface area (Å²) in [6.45, 7) is 0. The third kappa shape index (κ3) is 2.87. The molecule has 0 atom stereocenters. The van der Waals surface area contributed by atoms with E-state index >= 15 is 0 Å². The molecule has 0 spiro atoms. The molecule has 0 unspecified atom stereocenters. The summed E-state index contributed by atoms with van der Waals surface area (Å²) in [7, 11) is 0. The van der Waals surface area contributed by atoms with Gasteiger partial charge in [-0.15, -0.1) is 0 Å². The van der Waals surface area contributed by atoms with E-state index in [0.717, 1.165) is 12.1 Å². The van der Waals surface area contributed by atoms with Crippen molar-refractivity contribution in [2.45, 2.75) is 0 Å². The maximum atomic E-state index is 13.6.